The second-order valence-electron chi connectivity index (χ2n) is 7.17. The maximum atomic E-state index is 13.6. The molecule has 1 aliphatic heterocycles. The lowest BCUT2D eigenvalue weighted by molar-refractivity contribution is -0.136. The van der Waals surface area contributed by atoms with Crippen LogP contribution in [0.25, 0.3) is 0 Å². The first-order valence-electron chi connectivity index (χ1n) is 9.00. The Balaban J connectivity index is 1.49. The van der Waals surface area contributed by atoms with E-state index in [1.807, 2.05) is 4.90 Å². The largest absolute Gasteiger partial charge is 0.392 e. The fraction of sp³-hybridized carbons (Fsp3) is 0.579. The van der Waals surface area contributed by atoms with E-state index in [0.717, 1.165) is 32.1 Å². The molecule has 1 aromatic carbocycles. The summed E-state index contributed by atoms with van der Waals surface area (Å²) >= 11 is 0. The van der Waals surface area contributed by atoms with Gasteiger partial charge in [0.25, 0.3) is 5.91 Å². The highest BCUT2D eigenvalue weighted by Crippen LogP contribution is 2.45. The molecule has 0 radical (unpaired) electrons. The van der Waals surface area contributed by atoms with Crippen LogP contribution >= 0.6 is 0 Å². The summed E-state index contributed by atoms with van der Waals surface area (Å²) in [5.41, 5.74) is -0.148. The van der Waals surface area contributed by atoms with Crippen molar-refractivity contribution >= 4 is 11.8 Å². The van der Waals surface area contributed by atoms with Gasteiger partial charge < -0.3 is 15.3 Å². The summed E-state index contributed by atoms with van der Waals surface area (Å²) in [5.74, 6) is -1.10. The number of hydrogen-bond donors (Lipinski definition) is 2. The number of nitrogens with one attached hydrogen (secondary N) is 1. The van der Waals surface area contributed by atoms with Gasteiger partial charge in [-0.3, -0.25) is 9.59 Å². The molecular weight excluding hydrogens is 323 g/mol. The lowest BCUT2D eigenvalue weighted by atomic mass is 9.76. The minimum absolute atomic E-state index is 0.0130. The van der Waals surface area contributed by atoms with Gasteiger partial charge in [-0.25, -0.2) is 4.39 Å². The number of likely N-dealkylation sites (tertiary alicyclic amines) is 1. The van der Waals surface area contributed by atoms with Crippen LogP contribution in [0, 0.1) is 11.2 Å². The highest BCUT2D eigenvalue weighted by atomic mass is 19.1. The van der Waals surface area contributed by atoms with Crippen LogP contribution in [0.2, 0.25) is 0 Å². The molecule has 1 saturated heterocycles. The Morgan fingerprint density at radius 3 is 2.76 bits per heavy atom. The van der Waals surface area contributed by atoms with E-state index in [2.05, 4.69) is 5.32 Å². The molecule has 2 N–H and O–H groups in total. The topological polar surface area (TPSA) is 69.6 Å². The molecule has 25 heavy (non-hydrogen) atoms. The molecular formula is C19H25FN2O3. The Labute approximate surface area is 147 Å². The second kappa shape index (κ2) is 7.52. The molecule has 0 unspecified atom stereocenters. The zero-order valence-corrected chi connectivity index (χ0v) is 14.3. The molecule has 6 heteroatoms. The van der Waals surface area contributed by atoms with Crippen LogP contribution in [0.4, 0.5) is 4.39 Å². The Morgan fingerprint density at radius 1 is 1.28 bits per heavy atom. The molecule has 5 nitrogen and oxygen atoms in total. The van der Waals surface area contributed by atoms with E-state index >= 15 is 0 Å². The summed E-state index contributed by atoms with van der Waals surface area (Å²) in [4.78, 5) is 26.2. The fourth-order valence-electron chi connectivity index (χ4n) is 4.15. The fourth-order valence-corrected chi connectivity index (χ4v) is 4.15. The monoisotopic (exact) mass is 348 g/mol. The zero-order chi connectivity index (χ0) is 17.9. The predicted octanol–water partition coefficient (Wildman–Crippen LogP) is 2.10. The van der Waals surface area contributed by atoms with Gasteiger partial charge in [0.15, 0.2) is 0 Å². The first-order valence-corrected chi connectivity index (χ1v) is 9.00. The number of aliphatic hydroxyl groups excluding tert-OH is 1. The smallest absolute Gasteiger partial charge is 0.254 e. The van der Waals surface area contributed by atoms with Gasteiger partial charge in [0.1, 0.15) is 5.82 Å². The molecule has 1 heterocycles. The summed E-state index contributed by atoms with van der Waals surface area (Å²) in [5, 5.41) is 12.9. The van der Waals surface area contributed by atoms with Crippen LogP contribution in [0.15, 0.2) is 24.3 Å². The van der Waals surface area contributed by atoms with Gasteiger partial charge in [-0.2, -0.15) is 0 Å². The number of halogens is 1. The number of rotatable bonds is 4. The lowest BCUT2D eigenvalue weighted by Crippen LogP contribution is -2.49. The molecule has 0 aromatic heterocycles. The summed E-state index contributed by atoms with van der Waals surface area (Å²) in [6.07, 6.45) is 4.56. The summed E-state index contributed by atoms with van der Waals surface area (Å²) in [7, 11) is 0. The van der Waals surface area contributed by atoms with Gasteiger partial charge >= 0.3 is 0 Å². The molecule has 2 atom stereocenters. The molecule has 2 fully saturated rings. The van der Waals surface area contributed by atoms with Gasteiger partial charge in [-0.05, 0) is 37.8 Å². The van der Waals surface area contributed by atoms with E-state index in [-0.39, 0.29) is 36.0 Å². The Morgan fingerprint density at radius 2 is 2.04 bits per heavy atom. The van der Waals surface area contributed by atoms with Crippen molar-refractivity contribution in [2.75, 3.05) is 19.6 Å². The van der Waals surface area contributed by atoms with Gasteiger partial charge in [0.2, 0.25) is 5.91 Å². The van der Waals surface area contributed by atoms with Crippen LogP contribution in [0.1, 0.15) is 48.9 Å². The highest BCUT2D eigenvalue weighted by Gasteiger charge is 2.45. The average Bonchev–Trinajstić information content (AvgIpc) is 2.95. The lowest BCUT2D eigenvalue weighted by Gasteiger charge is -2.42. The number of amides is 2. The molecule has 1 aromatic rings. The molecule has 0 bridgehead atoms. The average molecular weight is 348 g/mol. The SMILES string of the molecule is O=C(NCCC(=O)N1CCC[C@]2(CCC[C@H]2O)C1)c1ccccc1F. The standard InChI is InChI=1S/C19H25FN2O3/c20-15-6-2-1-5-14(15)18(25)21-11-8-17(24)22-12-4-10-19(13-22)9-3-7-16(19)23/h1-2,5-6,16,23H,3-4,7-13H2,(H,21,25)/t16-,19-/m1/s1. The van der Waals surface area contributed by atoms with Crippen molar-refractivity contribution in [1.29, 1.82) is 0 Å². The minimum Gasteiger partial charge on any atom is -0.392 e. The van der Waals surface area contributed by atoms with E-state index in [0.29, 0.717) is 13.1 Å². The maximum Gasteiger partial charge on any atom is 0.254 e. The van der Waals surface area contributed by atoms with E-state index in [9.17, 15) is 19.1 Å². The van der Waals surface area contributed by atoms with Crippen LogP contribution < -0.4 is 5.32 Å². The highest BCUT2D eigenvalue weighted by molar-refractivity contribution is 5.94. The van der Waals surface area contributed by atoms with E-state index in [1.165, 1.54) is 18.2 Å². The molecule has 1 saturated carbocycles. The third-order valence-electron chi connectivity index (χ3n) is 5.56. The van der Waals surface area contributed by atoms with Crippen molar-refractivity contribution in [2.24, 2.45) is 5.41 Å². The van der Waals surface area contributed by atoms with Crippen LogP contribution in [-0.4, -0.2) is 47.6 Å². The first-order chi connectivity index (χ1) is 12.0. The third-order valence-corrected chi connectivity index (χ3v) is 5.56. The van der Waals surface area contributed by atoms with Gasteiger partial charge in [0, 0.05) is 31.5 Å². The quantitative estimate of drug-likeness (QED) is 0.875. The number of benzene rings is 1. The Hall–Kier alpha value is -1.95. The van der Waals surface area contributed by atoms with Crippen molar-refractivity contribution in [2.45, 2.75) is 44.6 Å². The summed E-state index contributed by atoms with van der Waals surface area (Å²) in [6.45, 7) is 1.49. The van der Waals surface area contributed by atoms with Crippen LogP contribution in [-0.2, 0) is 4.79 Å². The molecule has 1 spiro atoms. The molecule has 2 amide bonds. The van der Waals surface area contributed by atoms with Gasteiger partial charge in [0.05, 0.1) is 11.7 Å². The van der Waals surface area contributed by atoms with Crippen LogP contribution in [0.3, 0.4) is 0 Å². The summed E-state index contributed by atoms with van der Waals surface area (Å²) in [6, 6.07) is 5.78. The normalized spacial score (nSPS) is 26.0. The Bertz CT molecular complexity index is 651. The van der Waals surface area contributed by atoms with Gasteiger partial charge in [-0.15, -0.1) is 0 Å². The van der Waals surface area contributed by atoms with Crippen molar-refractivity contribution < 1.29 is 19.1 Å². The number of carbonyl (C=O) groups excluding carboxylic acids is 2. The van der Waals surface area contributed by atoms with E-state index in [1.54, 1.807) is 6.07 Å². The van der Waals surface area contributed by atoms with Crippen LogP contribution in [0.5, 0.6) is 0 Å². The molecule has 136 valence electrons. The number of hydrogen-bond acceptors (Lipinski definition) is 3. The van der Waals surface area contributed by atoms with Crippen molar-refractivity contribution in [1.82, 2.24) is 10.2 Å². The predicted molar refractivity (Wildman–Crippen MR) is 91.5 cm³/mol. The minimum atomic E-state index is -0.570. The van der Waals surface area contributed by atoms with Gasteiger partial charge in [-0.1, -0.05) is 18.6 Å². The first kappa shape index (κ1) is 17.9. The molecule has 2 aliphatic rings. The van der Waals surface area contributed by atoms with Crippen molar-refractivity contribution in [3.05, 3.63) is 35.6 Å². The summed E-state index contributed by atoms with van der Waals surface area (Å²) < 4.78 is 13.6. The maximum absolute atomic E-state index is 13.6. The Kier molecular flexibility index (Phi) is 5.37. The van der Waals surface area contributed by atoms with Crippen molar-refractivity contribution in [3.63, 3.8) is 0 Å². The number of aliphatic hydroxyl groups is 1. The molecule has 1 aliphatic carbocycles. The number of carbonyl (C=O) groups is 2. The van der Waals surface area contributed by atoms with Crippen molar-refractivity contribution in [3.8, 4) is 0 Å². The number of nitrogens with zero attached hydrogens (tertiary/aromatic N) is 1. The second-order valence-corrected chi connectivity index (χ2v) is 7.17. The van der Waals surface area contributed by atoms with E-state index < -0.39 is 11.7 Å². The molecule has 3 rings (SSSR count). The van der Waals surface area contributed by atoms with E-state index in [4.69, 9.17) is 0 Å². The zero-order valence-electron chi connectivity index (χ0n) is 14.3. The third kappa shape index (κ3) is 3.84. The number of piperidine rings is 1.